The summed E-state index contributed by atoms with van der Waals surface area (Å²) in [6, 6.07) is 14.4. The molecule has 3 aromatic carbocycles. The molecule has 0 aromatic heterocycles. The van der Waals surface area contributed by atoms with Crippen LogP contribution < -0.4 is 29.0 Å². The molecule has 258 valence electrons. The normalized spacial score (nSPS) is 26.3. The Morgan fingerprint density at radius 2 is 1.83 bits per heavy atom. The number of methoxy groups -OCH3 is 1. The van der Waals surface area contributed by atoms with E-state index < -0.39 is 48.9 Å². The van der Waals surface area contributed by atoms with Crippen LogP contribution in [0.25, 0.3) is 11.1 Å². The van der Waals surface area contributed by atoms with Crippen LogP contribution in [0.5, 0.6) is 28.7 Å². The lowest BCUT2D eigenvalue weighted by Gasteiger charge is -2.38. The Bertz CT molecular complexity index is 1620. The maximum absolute atomic E-state index is 11.7. The highest BCUT2D eigenvalue weighted by Crippen LogP contribution is 2.59. The first-order valence-corrected chi connectivity index (χ1v) is 15.6. The average molecular weight is 670 g/mol. The van der Waals surface area contributed by atoms with Crippen molar-refractivity contribution in [1.29, 1.82) is 0 Å². The van der Waals surface area contributed by atoms with Gasteiger partial charge in [0.15, 0.2) is 17.6 Å². The molecule has 1 fully saturated rings. The number of aliphatic hydroxyl groups is 5. The van der Waals surface area contributed by atoms with E-state index in [1.54, 1.807) is 19.1 Å². The molecule has 8 atom stereocenters. The minimum atomic E-state index is -1.86. The van der Waals surface area contributed by atoms with Crippen LogP contribution in [0.3, 0.4) is 0 Å². The second-order valence-corrected chi connectivity index (χ2v) is 11.9. The molecule has 0 bridgehead atoms. The number of carbonyl (C=O) groups is 1. The summed E-state index contributed by atoms with van der Waals surface area (Å²) in [5.74, 6) is -0.0190. The molecule has 3 heterocycles. The zero-order valence-corrected chi connectivity index (χ0v) is 26.3. The summed E-state index contributed by atoms with van der Waals surface area (Å²) in [7, 11) is 1.51. The Morgan fingerprint density at radius 1 is 1.06 bits per heavy atom. The van der Waals surface area contributed by atoms with Gasteiger partial charge >= 0.3 is 5.97 Å². The lowest BCUT2D eigenvalue weighted by Crippen LogP contribution is -2.61. The standard InChI is InChI=1S/C34H39NO13/c1-16(37)13-35-15-45-23-10-18(8-9-36)24-21-14-44-22-12-19(46-34-28(40)26(38)27(39)32(48-34)33(41)42)11-20(17-6-4-3-5-7-17)25(22)29(21)47-31(24)30(23)43-2/h3-7,10-12,16,21,26-29,32,34-40H,8-9,13-15H2,1-2H3,(H,41,42)/t16-,21-,26-,27-,28+,29-,32-,34-/m0/s1. The lowest BCUT2D eigenvalue weighted by atomic mass is 9.83. The monoisotopic (exact) mass is 669 g/mol. The number of aliphatic carboxylic acids is 1. The number of fused-ring (bicyclic) bond motifs is 5. The minimum absolute atomic E-state index is 0.0982. The number of benzene rings is 3. The molecule has 3 aliphatic heterocycles. The van der Waals surface area contributed by atoms with Gasteiger partial charge in [0.05, 0.1) is 25.7 Å². The molecule has 7 N–H and O–H groups in total. The van der Waals surface area contributed by atoms with Crippen LogP contribution >= 0.6 is 0 Å². The summed E-state index contributed by atoms with van der Waals surface area (Å²) < 4.78 is 36.1. The molecule has 3 aliphatic rings. The highest BCUT2D eigenvalue weighted by atomic mass is 16.7. The topological polar surface area (TPSA) is 206 Å². The summed E-state index contributed by atoms with van der Waals surface area (Å²) in [4.78, 5) is 11.7. The van der Waals surface area contributed by atoms with Crippen molar-refractivity contribution in [3.8, 4) is 39.9 Å². The molecular formula is C34H39NO13. The van der Waals surface area contributed by atoms with E-state index in [-0.39, 0.29) is 31.6 Å². The van der Waals surface area contributed by atoms with Gasteiger partial charge < -0.3 is 59.1 Å². The predicted octanol–water partition coefficient (Wildman–Crippen LogP) is 1.08. The van der Waals surface area contributed by atoms with Crippen LogP contribution in [0.1, 0.15) is 35.6 Å². The number of ether oxygens (including phenoxy) is 6. The summed E-state index contributed by atoms with van der Waals surface area (Å²) in [6.07, 6.45) is -9.68. The number of rotatable bonds is 12. The maximum Gasteiger partial charge on any atom is 0.335 e. The van der Waals surface area contributed by atoms with Crippen molar-refractivity contribution >= 4 is 5.97 Å². The Labute approximate surface area is 276 Å². The number of nitrogens with one attached hydrogen (secondary N) is 1. The van der Waals surface area contributed by atoms with Crippen molar-refractivity contribution in [3.05, 3.63) is 65.2 Å². The fourth-order valence-corrected chi connectivity index (χ4v) is 6.42. The third kappa shape index (κ3) is 6.35. The lowest BCUT2D eigenvalue weighted by molar-refractivity contribution is -0.271. The smallest absolute Gasteiger partial charge is 0.335 e. The van der Waals surface area contributed by atoms with Gasteiger partial charge in [-0.15, -0.1) is 0 Å². The first kappa shape index (κ1) is 33.7. The molecule has 14 heteroatoms. The number of carboxylic acid groups (broad SMARTS) is 1. The van der Waals surface area contributed by atoms with Gasteiger partial charge in [-0.2, -0.15) is 0 Å². The van der Waals surface area contributed by atoms with Gasteiger partial charge in [0.2, 0.25) is 12.0 Å². The van der Waals surface area contributed by atoms with Crippen LogP contribution in [-0.4, -0.2) is 107 Å². The van der Waals surface area contributed by atoms with Crippen molar-refractivity contribution in [2.24, 2.45) is 0 Å². The fraction of sp³-hybridized carbons (Fsp3) is 0.441. The fourth-order valence-electron chi connectivity index (χ4n) is 6.42. The van der Waals surface area contributed by atoms with E-state index in [9.17, 15) is 35.4 Å². The van der Waals surface area contributed by atoms with E-state index >= 15 is 0 Å². The summed E-state index contributed by atoms with van der Waals surface area (Å²) in [6.45, 7) is 2.16. The van der Waals surface area contributed by atoms with Crippen molar-refractivity contribution in [2.45, 2.75) is 62.2 Å². The van der Waals surface area contributed by atoms with Gasteiger partial charge in [-0.05, 0) is 42.2 Å². The summed E-state index contributed by atoms with van der Waals surface area (Å²) >= 11 is 0. The maximum atomic E-state index is 11.7. The predicted molar refractivity (Wildman–Crippen MR) is 167 cm³/mol. The van der Waals surface area contributed by atoms with Crippen LogP contribution in [0.4, 0.5) is 0 Å². The Balaban J connectivity index is 1.39. The van der Waals surface area contributed by atoms with Gasteiger partial charge in [0.1, 0.15) is 42.6 Å². The van der Waals surface area contributed by atoms with Gasteiger partial charge in [0.25, 0.3) is 0 Å². The molecule has 6 rings (SSSR count). The molecule has 0 saturated carbocycles. The molecule has 0 radical (unpaired) electrons. The van der Waals surface area contributed by atoms with Gasteiger partial charge in [-0.3, -0.25) is 5.32 Å². The van der Waals surface area contributed by atoms with E-state index in [2.05, 4.69) is 5.32 Å². The van der Waals surface area contributed by atoms with E-state index in [1.165, 1.54) is 7.11 Å². The van der Waals surface area contributed by atoms with Crippen molar-refractivity contribution in [1.82, 2.24) is 5.32 Å². The quantitative estimate of drug-likeness (QED) is 0.107. The van der Waals surface area contributed by atoms with Crippen LogP contribution in [-0.2, 0) is 16.0 Å². The van der Waals surface area contributed by atoms with Gasteiger partial charge in [-0.1, -0.05) is 30.3 Å². The molecule has 3 aromatic rings. The molecule has 48 heavy (non-hydrogen) atoms. The third-order valence-corrected chi connectivity index (χ3v) is 8.63. The molecule has 14 nitrogen and oxygen atoms in total. The molecule has 0 amide bonds. The summed E-state index contributed by atoms with van der Waals surface area (Å²) in [5, 5.41) is 63.1. The second-order valence-electron chi connectivity index (χ2n) is 11.9. The second kappa shape index (κ2) is 14.1. The first-order chi connectivity index (χ1) is 23.1. The number of carboxylic acids is 1. The average Bonchev–Trinajstić information content (AvgIpc) is 3.47. The van der Waals surface area contributed by atoms with Crippen LogP contribution in [0.15, 0.2) is 48.5 Å². The zero-order chi connectivity index (χ0) is 34.1. The Kier molecular flexibility index (Phi) is 9.94. The Hall–Kier alpha value is -4.15. The van der Waals surface area contributed by atoms with Gasteiger partial charge in [-0.25, -0.2) is 4.79 Å². The molecule has 0 unspecified atom stereocenters. The molecule has 0 aliphatic carbocycles. The van der Waals surface area contributed by atoms with Crippen molar-refractivity contribution in [2.75, 3.05) is 33.6 Å². The minimum Gasteiger partial charge on any atom is -0.492 e. The van der Waals surface area contributed by atoms with E-state index in [0.717, 1.165) is 16.7 Å². The SMILES string of the molecule is COc1c(OCNC[C@H](C)O)cc(CCO)c2c1O[C@@H]1c3c(cc(O[C@H]4O[C@H](C(=O)O)[C@@H](O)[C@H](O)[C@H]4O)cc3-c3ccccc3)OC[C@@H]21. The van der Waals surface area contributed by atoms with Crippen LogP contribution in [0.2, 0.25) is 0 Å². The van der Waals surface area contributed by atoms with Crippen LogP contribution in [0, 0.1) is 0 Å². The highest BCUT2D eigenvalue weighted by molar-refractivity contribution is 5.75. The largest absolute Gasteiger partial charge is 0.492 e. The number of aliphatic hydroxyl groups excluding tert-OH is 5. The number of hydrogen-bond donors (Lipinski definition) is 7. The van der Waals surface area contributed by atoms with E-state index in [1.807, 2.05) is 36.4 Å². The number of hydrogen-bond acceptors (Lipinski definition) is 13. The van der Waals surface area contributed by atoms with Crippen molar-refractivity contribution in [3.63, 3.8) is 0 Å². The van der Waals surface area contributed by atoms with Gasteiger partial charge in [0, 0.05) is 30.3 Å². The summed E-state index contributed by atoms with van der Waals surface area (Å²) in [5.41, 5.74) is 3.77. The first-order valence-electron chi connectivity index (χ1n) is 15.6. The highest BCUT2D eigenvalue weighted by Gasteiger charge is 2.49. The zero-order valence-electron chi connectivity index (χ0n) is 26.3. The van der Waals surface area contributed by atoms with E-state index in [4.69, 9.17) is 28.4 Å². The van der Waals surface area contributed by atoms with Crippen molar-refractivity contribution < 1.29 is 63.9 Å². The molecular weight excluding hydrogens is 630 g/mol. The Morgan fingerprint density at radius 3 is 2.52 bits per heavy atom. The molecule has 0 spiro atoms. The third-order valence-electron chi connectivity index (χ3n) is 8.63. The molecule has 1 saturated heterocycles. The van der Waals surface area contributed by atoms with E-state index in [0.29, 0.717) is 47.1 Å².